The molecule has 0 aliphatic heterocycles. The molecule has 21 heavy (non-hydrogen) atoms. The van der Waals surface area contributed by atoms with Crippen LogP contribution in [0.25, 0.3) is 0 Å². The highest BCUT2D eigenvalue weighted by atomic mass is 35.5. The number of hydrogen-bond acceptors (Lipinski definition) is 3. The molecule has 3 rings (SSSR count). The van der Waals surface area contributed by atoms with Gasteiger partial charge in [-0.1, -0.05) is 17.7 Å². The van der Waals surface area contributed by atoms with Crippen molar-refractivity contribution in [2.45, 2.75) is 37.2 Å². The van der Waals surface area contributed by atoms with Gasteiger partial charge in [-0.15, -0.1) is 0 Å². The Balaban J connectivity index is 1.91. The summed E-state index contributed by atoms with van der Waals surface area (Å²) in [4.78, 5) is 0.122. The van der Waals surface area contributed by atoms with Gasteiger partial charge in [0, 0.05) is 13.1 Å². The highest BCUT2D eigenvalue weighted by Gasteiger charge is 2.36. The van der Waals surface area contributed by atoms with E-state index < -0.39 is 10.0 Å². The summed E-state index contributed by atoms with van der Waals surface area (Å²) in [6, 6.07) is 4.68. The topological polar surface area (TPSA) is 57.6 Å². The van der Waals surface area contributed by atoms with Crippen LogP contribution in [0.5, 0.6) is 0 Å². The third-order valence-corrected chi connectivity index (χ3v) is 6.43. The van der Waals surface area contributed by atoms with Crippen molar-refractivity contribution in [3.63, 3.8) is 0 Å². The van der Waals surface area contributed by atoms with Crippen LogP contribution < -0.4 is 0 Å². The summed E-state index contributed by atoms with van der Waals surface area (Å²) >= 11 is 6.10. The zero-order valence-corrected chi connectivity index (χ0v) is 13.4. The lowest BCUT2D eigenvalue weighted by Crippen LogP contribution is -2.35. The number of hydrogen-bond donors (Lipinski definition) is 1. The van der Waals surface area contributed by atoms with Gasteiger partial charge in [-0.3, -0.25) is 0 Å². The van der Waals surface area contributed by atoms with Gasteiger partial charge in [-0.05, 0) is 55.2 Å². The predicted octanol–water partition coefficient (Wildman–Crippen LogP) is 2.64. The minimum absolute atomic E-state index is 0.122. The molecule has 0 spiro atoms. The van der Waals surface area contributed by atoms with Crippen molar-refractivity contribution >= 4 is 21.6 Å². The predicted molar refractivity (Wildman–Crippen MR) is 81.6 cm³/mol. The van der Waals surface area contributed by atoms with Gasteiger partial charge in [-0.25, -0.2) is 8.42 Å². The maximum absolute atomic E-state index is 12.9. The molecular formula is C15H20ClNO3S. The quantitative estimate of drug-likeness (QED) is 0.836. The van der Waals surface area contributed by atoms with E-state index in [0.29, 0.717) is 30.5 Å². The van der Waals surface area contributed by atoms with Crippen molar-refractivity contribution in [2.24, 2.45) is 11.8 Å². The Morgan fingerprint density at radius 3 is 2.19 bits per heavy atom. The molecule has 0 unspecified atom stereocenters. The summed E-state index contributed by atoms with van der Waals surface area (Å²) in [6.07, 6.45) is 4.45. The molecule has 6 heteroatoms. The first-order chi connectivity index (χ1) is 10.0. The Labute approximate surface area is 130 Å². The standard InChI is InChI=1S/C15H20ClNO3S/c16-14-6-5-13(10-18)7-15(14)21(19,20)17(8-11-1-2-11)9-12-3-4-12/h5-7,11-12,18H,1-4,8-10H2. The van der Waals surface area contributed by atoms with Crippen LogP contribution in [0.2, 0.25) is 5.02 Å². The van der Waals surface area contributed by atoms with E-state index in [9.17, 15) is 13.5 Å². The maximum atomic E-state index is 12.9. The number of sulfonamides is 1. The van der Waals surface area contributed by atoms with E-state index >= 15 is 0 Å². The summed E-state index contributed by atoms with van der Waals surface area (Å²) in [5, 5.41) is 9.44. The average molecular weight is 330 g/mol. The van der Waals surface area contributed by atoms with Crippen LogP contribution in [0.1, 0.15) is 31.2 Å². The molecule has 4 nitrogen and oxygen atoms in total. The third-order valence-electron chi connectivity index (χ3n) is 4.11. The first-order valence-corrected chi connectivity index (χ1v) is 9.22. The fraction of sp³-hybridized carbons (Fsp3) is 0.600. The molecule has 116 valence electrons. The maximum Gasteiger partial charge on any atom is 0.244 e. The number of halogens is 1. The highest BCUT2D eigenvalue weighted by Crippen LogP contribution is 2.37. The summed E-state index contributed by atoms with van der Waals surface area (Å²) in [7, 11) is -3.58. The molecule has 0 radical (unpaired) electrons. The fourth-order valence-electron chi connectivity index (χ4n) is 2.43. The third kappa shape index (κ3) is 3.59. The van der Waals surface area contributed by atoms with E-state index in [0.717, 1.165) is 25.7 Å². The van der Waals surface area contributed by atoms with Gasteiger partial charge in [0.05, 0.1) is 11.6 Å². The summed E-state index contributed by atoms with van der Waals surface area (Å²) < 4.78 is 27.4. The fourth-order valence-corrected chi connectivity index (χ4v) is 4.55. The Kier molecular flexibility index (Phi) is 4.28. The van der Waals surface area contributed by atoms with Crippen molar-refractivity contribution in [3.8, 4) is 0 Å². The van der Waals surface area contributed by atoms with Gasteiger partial charge in [0.1, 0.15) is 4.90 Å². The zero-order valence-electron chi connectivity index (χ0n) is 11.8. The molecule has 2 fully saturated rings. The van der Waals surface area contributed by atoms with Gasteiger partial charge >= 0.3 is 0 Å². The molecular weight excluding hydrogens is 310 g/mol. The number of aliphatic hydroxyl groups excluding tert-OH is 1. The van der Waals surface area contributed by atoms with Gasteiger partial charge in [0.25, 0.3) is 0 Å². The van der Waals surface area contributed by atoms with Crippen molar-refractivity contribution in [2.75, 3.05) is 13.1 Å². The van der Waals surface area contributed by atoms with Crippen LogP contribution >= 0.6 is 11.6 Å². The lowest BCUT2D eigenvalue weighted by Gasteiger charge is -2.23. The SMILES string of the molecule is O=S(=O)(c1cc(CO)ccc1Cl)N(CC1CC1)CC1CC1. The minimum Gasteiger partial charge on any atom is -0.392 e. The first-order valence-electron chi connectivity index (χ1n) is 7.40. The average Bonchev–Trinajstić information content (AvgIpc) is 3.33. The Morgan fingerprint density at radius 1 is 1.14 bits per heavy atom. The van der Waals surface area contributed by atoms with Crippen molar-refractivity contribution in [1.29, 1.82) is 0 Å². The van der Waals surface area contributed by atoms with E-state index in [1.807, 2.05) is 0 Å². The Hall–Kier alpha value is -0.620. The summed E-state index contributed by atoms with van der Waals surface area (Å²) in [5.74, 6) is 0.997. The second-order valence-corrected chi connectivity index (χ2v) is 8.45. The van der Waals surface area contributed by atoms with E-state index in [4.69, 9.17) is 11.6 Å². The van der Waals surface area contributed by atoms with Gasteiger partial charge in [-0.2, -0.15) is 4.31 Å². The smallest absolute Gasteiger partial charge is 0.244 e. The number of nitrogens with zero attached hydrogens (tertiary/aromatic N) is 1. The number of rotatable bonds is 7. The van der Waals surface area contributed by atoms with E-state index in [2.05, 4.69) is 0 Å². The molecule has 2 aliphatic rings. The monoisotopic (exact) mass is 329 g/mol. The minimum atomic E-state index is -3.58. The number of aliphatic hydroxyl groups is 1. The van der Waals surface area contributed by atoms with Gasteiger partial charge < -0.3 is 5.11 Å². The molecule has 2 saturated carbocycles. The molecule has 0 saturated heterocycles. The van der Waals surface area contributed by atoms with Crippen molar-refractivity contribution in [3.05, 3.63) is 28.8 Å². The van der Waals surface area contributed by atoms with Crippen LogP contribution in [-0.4, -0.2) is 30.9 Å². The van der Waals surface area contributed by atoms with Gasteiger partial charge in [0.2, 0.25) is 10.0 Å². The van der Waals surface area contributed by atoms with Gasteiger partial charge in [0.15, 0.2) is 0 Å². The molecule has 1 aromatic carbocycles. The van der Waals surface area contributed by atoms with Crippen LogP contribution in [0.15, 0.2) is 23.1 Å². The number of benzene rings is 1. The lowest BCUT2D eigenvalue weighted by atomic mass is 10.2. The Bertz CT molecular complexity index is 610. The van der Waals surface area contributed by atoms with E-state index in [1.165, 1.54) is 6.07 Å². The lowest BCUT2D eigenvalue weighted by molar-refractivity contribution is 0.281. The van der Waals surface area contributed by atoms with Crippen molar-refractivity contribution in [1.82, 2.24) is 4.31 Å². The first kappa shape index (κ1) is 15.3. The van der Waals surface area contributed by atoms with E-state index in [1.54, 1.807) is 16.4 Å². The Morgan fingerprint density at radius 2 is 1.71 bits per heavy atom. The highest BCUT2D eigenvalue weighted by molar-refractivity contribution is 7.89. The van der Waals surface area contributed by atoms with Crippen LogP contribution in [-0.2, 0) is 16.6 Å². The molecule has 0 heterocycles. The molecule has 1 aromatic rings. The summed E-state index contributed by atoms with van der Waals surface area (Å²) in [5.41, 5.74) is 0.566. The molecule has 0 atom stereocenters. The molecule has 1 N–H and O–H groups in total. The van der Waals surface area contributed by atoms with Crippen LogP contribution in [0, 0.1) is 11.8 Å². The molecule has 0 aromatic heterocycles. The summed E-state index contributed by atoms with van der Waals surface area (Å²) in [6.45, 7) is 1.00. The van der Waals surface area contributed by atoms with Crippen LogP contribution in [0.4, 0.5) is 0 Å². The second kappa shape index (κ2) is 5.88. The largest absolute Gasteiger partial charge is 0.392 e. The normalized spacial score (nSPS) is 19.2. The molecule has 0 bridgehead atoms. The van der Waals surface area contributed by atoms with Crippen LogP contribution in [0.3, 0.4) is 0 Å². The van der Waals surface area contributed by atoms with Crippen molar-refractivity contribution < 1.29 is 13.5 Å². The van der Waals surface area contributed by atoms with E-state index in [-0.39, 0.29) is 16.5 Å². The second-order valence-electron chi connectivity index (χ2n) is 6.13. The molecule has 0 amide bonds. The molecule has 2 aliphatic carbocycles. The zero-order chi connectivity index (χ0) is 15.0.